The molecule has 33 heavy (non-hydrogen) atoms. The molecular formula is C22H21F4N5OS. The highest BCUT2D eigenvalue weighted by atomic mass is 32.2. The summed E-state index contributed by atoms with van der Waals surface area (Å²) in [7, 11) is 0. The quantitative estimate of drug-likeness (QED) is 0.340. The summed E-state index contributed by atoms with van der Waals surface area (Å²) in [4.78, 5) is 13.0. The molecule has 1 aliphatic rings. The maximum Gasteiger partial charge on any atom is 0.393 e. The molecule has 0 spiro atoms. The molecule has 1 saturated carbocycles. The van der Waals surface area contributed by atoms with Gasteiger partial charge in [-0.25, -0.2) is 14.4 Å². The Labute approximate surface area is 192 Å². The predicted molar refractivity (Wildman–Crippen MR) is 117 cm³/mol. The van der Waals surface area contributed by atoms with E-state index in [0.29, 0.717) is 17.7 Å². The fourth-order valence-corrected chi connectivity index (χ4v) is 4.13. The van der Waals surface area contributed by atoms with Crippen LogP contribution in [0.2, 0.25) is 0 Å². The van der Waals surface area contributed by atoms with Crippen molar-refractivity contribution < 1.29 is 22.3 Å². The molecule has 0 aliphatic heterocycles. The van der Waals surface area contributed by atoms with Crippen molar-refractivity contribution in [3.63, 3.8) is 0 Å². The second-order valence-electron chi connectivity index (χ2n) is 7.75. The molecule has 3 aromatic rings. The van der Waals surface area contributed by atoms with E-state index in [4.69, 9.17) is 9.88 Å². The van der Waals surface area contributed by atoms with Crippen molar-refractivity contribution in [2.45, 2.75) is 48.8 Å². The number of rotatable bonds is 7. The molecule has 0 saturated heterocycles. The Morgan fingerprint density at radius 1 is 1.12 bits per heavy atom. The molecule has 2 atom stereocenters. The molecule has 1 aliphatic carbocycles. The molecule has 6 nitrogen and oxygen atoms in total. The number of ether oxygens (including phenoxy) is 1. The van der Waals surface area contributed by atoms with E-state index in [1.165, 1.54) is 24.5 Å². The third kappa shape index (κ3) is 6.11. The summed E-state index contributed by atoms with van der Waals surface area (Å²) in [6.45, 7) is 0. The number of nitrogens with two attached hydrogens (primary N) is 1. The van der Waals surface area contributed by atoms with Crippen molar-refractivity contribution in [3.8, 4) is 5.75 Å². The molecule has 174 valence electrons. The number of benzene rings is 1. The molecule has 0 radical (unpaired) electrons. The van der Waals surface area contributed by atoms with Crippen LogP contribution in [0.25, 0.3) is 0 Å². The van der Waals surface area contributed by atoms with Gasteiger partial charge in [-0.1, -0.05) is 0 Å². The number of anilines is 2. The van der Waals surface area contributed by atoms with Crippen molar-refractivity contribution in [3.05, 3.63) is 66.0 Å². The van der Waals surface area contributed by atoms with Crippen LogP contribution in [0, 0.1) is 5.82 Å². The summed E-state index contributed by atoms with van der Waals surface area (Å²) in [5, 5.41) is 8.27. The normalized spacial score (nSPS) is 18.3. The first kappa shape index (κ1) is 23.2. The van der Waals surface area contributed by atoms with Gasteiger partial charge in [-0.3, -0.25) is 10.1 Å². The largest absolute Gasteiger partial charge is 0.489 e. The Kier molecular flexibility index (Phi) is 6.99. The van der Waals surface area contributed by atoms with Gasteiger partial charge in [0, 0.05) is 29.0 Å². The summed E-state index contributed by atoms with van der Waals surface area (Å²) in [6, 6.07) is 5.90. The summed E-state index contributed by atoms with van der Waals surface area (Å²) in [5.74, 6) is 0.0692. The molecule has 1 fully saturated rings. The number of nitrogens with one attached hydrogen (secondary N) is 1. The second kappa shape index (κ2) is 9.92. The number of hydrogen-bond donors (Lipinski definition) is 2. The first-order chi connectivity index (χ1) is 15.8. The van der Waals surface area contributed by atoms with Crippen molar-refractivity contribution in [2.24, 2.45) is 5.14 Å². The number of aromatic nitrogens is 3. The van der Waals surface area contributed by atoms with Crippen LogP contribution >= 0.6 is 11.9 Å². The first-order valence-electron chi connectivity index (χ1n) is 10.2. The fraction of sp³-hybridized carbons (Fsp3) is 0.318. The van der Waals surface area contributed by atoms with Crippen LogP contribution in [-0.4, -0.2) is 27.2 Å². The van der Waals surface area contributed by atoms with E-state index < -0.39 is 18.4 Å². The molecular weight excluding hydrogens is 458 g/mol. The van der Waals surface area contributed by atoms with Gasteiger partial charge >= 0.3 is 6.18 Å². The Hall–Kier alpha value is -2.92. The highest BCUT2D eigenvalue weighted by molar-refractivity contribution is 7.97. The van der Waals surface area contributed by atoms with E-state index >= 15 is 0 Å². The SMILES string of the molecule is NSc1ccc(Nc2ncc(C3CCC(Oc4cnccc4CC(F)(F)F)C3)cn2)c(F)c1. The fourth-order valence-electron chi connectivity index (χ4n) is 3.81. The number of hydrogen-bond acceptors (Lipinski definition) is 7. The standard InChI is InChI=1S/C22H21F4N5OS/c23-18-8-17(33-27)3-4-19(18)31-21-29-10-15(11-30-21)13-1-2-16(7-13)32-20-12-28-6-5-14(20)9-22(24,25)26/h3-6,8,10-13,16H,1-2,7,9,27H2,(H,29,30,31). The predicted octanol–water partition coefficient (Wildman–Crippen LogP) is 5.54. The van der Waals surface area contributed by atoms with Gasteiger partial charge in [0.2, 0.25) is 5.95 Å². The summed E-state index contributed by atoms with van der Waals surface area (Å²) in [6.07, 6.45) is 2.51. The zero-order valence-electron chi connectivity index (χ0n) is 17.3. The molecule has 0 bridgehead atoms. The summed E-state index contributed by atoms with van der Waals surface area (Å²) >= 11 is 0.955. The van der Waals surface area contributed by atoms with Gasteiger partial charge in [-0.2, -0.15) is 13.2 Å². The van der Waals surface area contributed by atoms with Crippen LogP contribution < -0.4 is 15.2 Å². The third-order valence-electron chi connectivity index (χ3n) is 5.41. The van der Waals surface area contributed by atoms with Crippen LogP contribution in [0.1, 0.15) is 36.3 Å². The maximum absolute atomic E-state index is 14.1. The van der Waals surface area contributed by atoms with E-state index in [1.807, 2.05) is 0 Å². The zero-order chi connectivity index (χ0) is 23.4. The van der Waals surface area contributed by atoms with Crippen LogP contribution in [0.4, 0.5) is 29.2 Å². The Morgan fingerprint density at radius 3 is 2.61 bits per heavy atom. The molecule has 2 aromatic heterocycles. The lowest BCUT2D eigenvalue weighted by molar-refractivity contribution is -0.127. The smallest absolute Gasteiger partial charge is 0.393 e. The molecule has 4 rings (SSSR count). The van der Waals surface area contributed by atoms with Gasteiger partial charge in [0.25, 0.3) is 0 Å². The minimum absolute atomic E-state index is 0.0741. The Morgan fingerprint density at radius 2 is 1.91 bits per heavy atom. The van der Waals surface area contributed by atoms with Crippen molar-refractivity contribution >= 4 is 23.6 Å². The number of halogens is 4. The number of nitrogens with zero attached hydrogens (tertiary/aromatic N) is 3. The van der Waals surface area contributed by atoms with E-state index in [2.05, 4.69) is 20.3 Å². The van der Waals surface area contributed by atoms with Crippen molar-refractivity contribution in [2.75, 3.05) is 5.32 Å². The van der Waals surface area contributed by atoms with Crippen LogP contribution in [0.3, 0.4) is 0 Å². The molecule has 11 heteroatoms. The van der Waals surface area contributed by atoms with E-state index in [1.54, 1.807) is 24.5 Å². The minimum atomic E-state index is -4.32. The monoisotopic (exact) mass is 479 g/mol. The molecule has 3 N–H and O–H groups in total. The first-order valence-corrected chi connectivity index (χ1v) is 11.1. The van der Waals surface area contributed by atoms with E-state index in [-0.39, 0.29) is 35.0 Å². The third-order valence-corrected chi connectivity index (χ3v) is 5.93. The minimum Gasteiger partial charge on any atom is -0.489 e. The van der Waals surface area contributed by atoms with Gasteiger partial charge in [0.05, 0.1) is 24.4 Å². The van der Waals surface area contributed by atoms with Crippen molar-refractivity contribution in [1.82, 2.24) is 15.0 Å². The van der Waals surface area contributed by atoms with Gasteiger partial charge in [0.1, 0.15) is 11.6 Å². The van der Waals surface area contributed by atoms with Crippen molar-refractivity contribution in [1.29, 1.82) is 0 Å². The lowest BCUT2D eigenvalue weighted by atomic mass is 10.0. The van der Waals surface area contributed by atoms with Crippen LogP contribution in [0.5, 0.6) is 5.75 Å². The van der Waals surface area contributed by atoms with Gasteiger partial charge in [-0.05, 0) is 67.0 Å². The highest BCUT2D eigenvalue weighted by Gasteiger charge is 2.32. The molecule has 1 aromatic carbocycles. The number of alkyl halides is 3. The molecule has 0 amide bonds. The average molecular weight is 480 g/mol. The van der Waals surface area contributed by atoms with E-state index in [9.17, 15) is 17.6 Å². The lowest BCUT2D eigenvalue weighted by Gasteiger charge is -2.17. The summed E-state index contributed by atoms with van der Waals surface area (Å²) < 4.78 is 58.5. The van der Waals surface area contributed by atoms with Gasteiger partial charge < -0.3 is 10.1 Å². The molecule has 2 heterocycles. The second-order valence-corrected chi connectivity index (χ2v) is 8.46. The Bertz CT molecular complexity index is 1100. The highest BCUT2D eigenvalue weighted by Crippen LogP contribution is 2.37. The summed E-state index contributed by atoms with van der Waals surface area (Å²) in [5.41, 5.74) is 1.20. The molecule has 2 unspecified atom stereocenters. The van der Waals surface area contributed by atoms with Gasteiger partial charge in [-0.15, -0.1) is 0 Å². The maximum atomic E-state index is 14.1. The lowest BCUT2D eigenvalue weighted by Crippen LogP contribution is -2.17. The topological polar surface area (TPSA) is 86.0 Å². The zero-order valence-corrected chi connectivity index (χ0v) is 18.2. The number of pyridine rings is 1. The van der Waals surface area contributed by atoms with Crippen LogP contribution in [0.15, 0.2) is 53.9 Å². The Balaban J connectivity index is 1.37. The van der Waals surface area contributed by atoms with Crippen LogP contribution in [-0.2, 0) is 6.42 Å². The van der Waals surface area contributed by atoms with E-state index in [0.717, 1.165) is 23.9 Å². The average Bonchev–Trinajstić information content (AvgIpc) is 3.24. The van der Waals surface area contributed by atoms with Gasteiger partial charge in [0.15, 0.2) is 0 Å².